The molecule has 1 atom stereocenters. The van der Waals surface area contributed by atoms with Gasteiger partial charge in [0.05, 0.1) is 0 Å². The highest BCUT2D eigenvalue weighted by molar-refractivity contribution is 5.94. The van der Waals surface area contributed by atoms with Crippen LogP contribution in [0.25, 0.3) is 0 Å². The number of piperazine rings is 1. The number of carbonyl (C=O) groups is 2. The maximum absolute atomic E-state index is 12.9. The quantitative estimate of drug-likeness (QED) is 0.929. The molecule has 1 heterocycles. The van der Waals surface area contributed by atoms with E-state index in [1.54, 1.807) is 16.7 Å². The molecular formula is C20H23N3O2. The summed E-state index contributed by atoms with van der Waals surface area (Å²) in [6.45, 7) is 3.77. The molecule has 1 saturated heterocycles. The van der Waals surface area contributed by atoms with Gasteiger partial charge >= 0.3 is 0 Å². The van der Waals surface area contributed by atoms with E-state index in [1.807, 2.05) is 60.7 Å². The van der Waals surface area contributed by atoms with Crippen LogP contribution in [-0.2, 0) is 10.3 Å². The van der Waals surface area contributed by atoms with E-state index < -0.39 is 5.54 Å². The second-order valence-electron chi connectivity index (χ2n) is 6.52. The van der Waals surface area contributed by atoms with Crippen LogP contribution in [0.5, 0.6) is 0 Å². The highest BCUT2D eigenvalue weighted by Gasteiger charge is 2.36. The van der Waals surface area contributed by atoms with Gasteiger partial charge in [-0.15, -0.1) is 0 Å². The molecule has 5 heteroatoms. The Bertz CT molecular complexity index is 736. The largest absolute Gasteiger partial charge is 0.337 e. The molecule has 130 valence electrons. The van der Waals surface area contributed by atoms with Crippen LogP contribution in [0.3, 0.4) is 0 Å². The zero-order valence-electron chi connectivity index (χ0n) is 14.4. The number of benzene rings is 2. The van der Waals surface area contributed by atoms with Crippen LogP contribution in [0.2, 0.25) is 0 Å². The predicted octanol–water partition coefficient (Wildman–Crippen LogP) is 1.85. The third kappa shape index (κ3) is 3.56. The van der Waals surface area contributed by atoms with E-state index in [4.69, 9.17) is 5.73 Å². The molecule has 2 aromatic carbocycles. The molecule has 1 aliphatic rings. The second-order valence-corrected chi connectivity index (χ2v) is 6.52. The number of rotatable bonds is 3. The van der Waals surface area contributed by atoms with Crippen molar-refractivity contribution in [3.05, 3.63) is 71.8 Å². The van der Waals surface area contributed by atoms with E-state index in [0.29, 0.717) is 31.7 Å². The lowest BCUT2D eigenvalue weighted by Crippen LogP contribution is -2.57. The first kappa shape index (κ1) is 17.2. The van der Waals surface area contributed by atoms with Gasteiger partial charge in [-0.3, -0.25) is 9.59 Å². The van der Waals surface area contributed by atoms with E-state index in [-0.39, 0.29) is 11.8 Å². The summed E-state index contributed by atoms with van der Waals surface area (Å²) in [6.07, 6.45) is 0. The maximum Gasteiger partial charge on any atom is 0.253 e. The van der Waals surface area contributed by atoms with Gasteiger partial charge in [-0.25, -0.2) is 0 Å². The molecular weight excluding hydrogens is 314 g/mol. The van der Waals surface area contributed by atoms with Crippen LogP contribution < -0.4 is 5.73 Å². The molecule has 0 saturated carbocycles. The van der Waals surface area contributed by atoms with Crippen LogP contribution in [0.1, 0.15) is 22.8 Å². The molecule has 1 unspecified atom stereocenters. The number of hydrogen-bond donors (Lipinski definition) is 1. The van der Waals surface area contributed by atoms with Crippen molar-refractivity contribution >= 4 is 11.8 Å². The Balaban J connectivity index is 1.64. The molecule has 2 amide bonds. The van der Waals surface area contributed by atoms with Gasteiger partial charge in [0.15, 0.2) is 0 Å². The Morgan fingerprint density at radius 1 is 0.840 bits per heavy atom. The first-order valence-electron chi connectivity index (χ1n) is 8.48. The molecule has 0 aliphatic carbocycles. The van der Waals surface area contributed by atoms with Crippen LogP contribution in [0.15, 0.2) is 60.7 Å². The lowest BCUT2D eigenvalue weighted by atomic mass is 9.91. The third-order valence-corrected chi connectivity index (χ3v) is 4.69. The van der Waals surface area contributed by atoms with Gasteiger partial charge in [-0.05, 0) is 24.6 Å². The minimum atomic E-state index is -1.06. The van der Waals surface area contributed by atoms with Crippen LogP contribution >= 0.6 is 0 Å². The number of amides is 2. The standard InChI is InChI=1S/C20H23N3O2/c1-20(21,17-10-6-3-7-11-17)19(25)23-14-12-22(13-15-23)18(24)16-8-4-2-5-9-16/h2-11H,12-15,21H2,1H3. The first-order valence-corrected chi connectivity index (χ1v) is 8.48. The summed E-state index contributed by atoms with van der Waals surface area (Å²) in [5.41, 5.74) is 6.73. The van der Waals surface area contributed by atoms with Gasteiger partial charge in [0.2, 0.25) is 5.91 Å². The molecule has 2 aromatic rings. The second kappa shape index (κ2) is 7.07. The monoisotopic (exact) mass is 337 g/mol. The van der Waals surface area contributed by atoms with Gasteiger partial charge in [0.25, 0.3) is 5.91 Å². The molecule has 0 radical (unpaired) electrons. The van der Waals surface area contributed by atoms with Gasteiger partial charge in [-0.1, -0.05) is 48.5 Å². The lowest BCUT2D eigenvalue weighted by Gasteiger charge is -2.38. The van der Waals surface area contributed by atoms with Crippen LogP contribution in [0.4, 0.5) is 0 Å². The average molecular weight is 337 g/mol. The van der Waals surface area contributed by atoms with Crippen molar-refractivity contribution in [3.63, 3.8) is 0 Å². The van der Waals surface area contributed by atoms with Crippen molar-refractivity contribution < 1.29 is 9.59 Å². The predicted molar refractivity (Wildman–Crippen MR) is 96.9 cm³/mol. The molecule has 2 N–H and O–H groups in total. The highest BCUT2D eigenvalue weighted by atomic mass is 16.2. The van der Waals surface area contributed by atoms with Crippen molar-refractivity contribution in [1.29, 1.82) is 0 Å². The fourth-order valence-electron chi connectivity index (χ4n) is 3.11. The van der Waals surface area contributed by atoms with E-state index in [1.165, 1.54) is 0 Å². The van der Waals surface area contributed by atoms with E-state index in [2.05, 4.69) is 0 Å². The fraction of sp³-hybridized carbons (Fsp3) is 0.300. The minimum Gasteiger partial charge on any atom is -0.337 e. The molecule has 0 aromatic heterocycles. The summed E-state index contributed by atoms with van der Waals surface area (Å²) in [4.78, 5) is 28.9. The Hall–Kier alpha value is -2.66. The van der Waals surface area contributed by atoms with Crippen molar-refractivity contribution in [3.8, 4) is 0 Å². The van der Waals surface area contributed by atoms with E-state index in [0.717, 1.165) is 5.56 Å². The fourth-order valence-corrected chi connectivity index (χ4v) is 3.11. The zero-order chi connectivity index (χ0) is 17.9. The average Bonchev–Trinajstić information content (AvgIpc) is 2.68. The SMILES string of the molecule is CC(N)(C(=O)N1CCN(C(=O)c2ccccc2)CC1)c1ccccc1. The first-order chi connectivity index (χ1) is 12.0. The summed E-state index contributed by atoms with van der Waals surface area (Å²) in [5, 5.41) is 0. The molecule has 1 fully saturated rings. The number of nitrogens with zero attached hydrogens (tertiary/aromatic N) is 2. The Morgan fingerprint density at radius 3 is 1.88 bits per heavy atom. The summed E-state index contributed by atoms with van der Waals surface area (Å²) in [7, 11) is 0. The molecule has 25 heavy (non-hydrogen) atoms. The topological polar surface area (TPSA) is 66.6 Å². The Labute approximate surface area is 148 Å². The zero-order valence-corrected chi connectivity index (χ0v) is 14.4. The smallest absolute Gasteiger partial charge is 0.253 e. The summed E-state index contributed by atoms with van der Waals surface area (Å²) < 4.78 is 0. The summed E-state index contributed by atoms with van der Waals surface area (Å²) in [6, 6.07) is 18.6. The van der Waals surface area contributed by atoms with Crippen molar-refractivity contribution in [1.82, 2.24) is 9.80 Å². The van der Waals surface area contributed by atoms with Gasteiger partial charge in [0, 0.05) is 31.7 Å². The van der Waals surface area contributed by atoms with E-state index in [9.17, 15) is 9.59 Å². The van der Waals surface area contributed by atoms with Crippen molar-refractivity contribution in [2.24, 2.45) is 5.73 Å². The molecule has 0 bridgehead atoms. The van der Waals surface area contributed by atoms with Crippen molar-refractivity contribution in [2.45, 2.75) is 12.5 Å². The molecule has 1 aliphatic heterocycles. The normalized spacial score (nSPS) is 17.0. The minimum absolute atomic E-state index is 0.00580. The van der Waals surface area contributed by atoms with Crippen molar-refractivity contribution in [2.75, 3.05) is 26.2 Å². The third-order valence-electron chi connectivity index (χ3n) is 4.69. The summed E-state index contributed by atoms with van der Waals surface area (Å²) >= 11 is 0. The lowest BCUT2D eigenvalue weighted by molar-refractivity contribution is -0.138. The Morgan fingerprint density at radius 2 is 1.32 bits per heavy atom. The van der Waals surface area contributed by atoms with Gasteiger partial charge in [0.1, 0.15) is 5.54 Å². The maximum atomic E-state index is 12.9. The molecule has 3 rings (SSSR count). The van der Waals surface area contributed by atoms with Gasteiger partial charge < -0.3 is 15.5 Å². The summed E-state index contributed by atoms with van der Waals surface area (Å²) in [5.74, 6) is -0.100. The van der Waals surface area contributed by atoms with Gasteiger partial charge in [-0.2, -0.15) is 0 Å². The van der Waals surface area contributed by atoms with E-state index >= 15 is 0 Å². The number of hydrogen-bond acceptors (Lipinski definition) is 3. The molecule has 5 nitrogen and oxygen atoms in total. The highest BCUT2D eigenvalue weighted by Crippen LogP contribution is 2.21. The van der Waals surface area contributed by atoms with Crippen LogP contribution in [0, 0.1) is 0 Å². The number of carbonyl (C=O) groups excluding carboxylic acids is 2. The Kier molecular flexibility index (Phi) is 4.86. The van der Waals surface area contributed by atoms with Crippen LogP contribution in [-0.4, -0.2) is 47.8 Å². The number of nitrogens with two attached hydrogens (primary N) is 1. The molecule has 0 spiro atoms.